The molecule has 1 atom stereocenters. The Morgan fingerprint density at radius 1 is 1.23 bits per heavy atom. The molecular weight excluding hydrogens is 280 g/mol. The Labute approximate surface area is 128 Å². The highest BCUT2D eigenvalue weighted by Crippen LogP contribution is 2.59. The molecule has 1 saturated heterocycles. The Balaban J connectivity index is 1.47. The van der Waals surface area contributed by atoms with E-state index in [9.17, 15) is 9.59 Å². The van der Waals surface area contributed by atoms with Gasteiger partial charge < -0.3 is 14.4 Å². The normalized spacial score (nSPS) is 22.9. The number of piperidine rings is 1. The standard InChI is InChI=1S/C17H18N2O3/c20-15(12-9-13-3-1-2-6-19(13)11-12)18-7-4-17(5-8-18)10-14(17)16(21)22/h1-3,6,9,11,14H,4-5,7-8,10H2,(H,21,22). The minimum absolute atomic E-state index is 0.0336. The summed E-state index contributed by atoms with van der Waals surface area (Å²) in [4.78, 5) is 25.6. The van der Waals surface area contributed by atoms with E-state index in [1.807, 2.05) is 46.0 Å². The Bertz CT molecular complexity index is 723. The van der Waals surface area contributed by atoms with Gasteiger partial charge in [0.1, 0.15) is 0 Å². The molecule has 1 aliphatic carbocycles. The fraction of sp³-hybridized carbons (Fsp3) is 0.412. The molecule has 1 N–H and O–H groups in total. The maximum Gasteiger partial charge on any atom is 0.307 e. The van der Waals surface area contributed by atoms with Crippen LogP contribution < -0.4 is 0 Å². The molecule has 2 fully saturated rings. The van der Waals surface area contributed by atoms with E-state index in [4.69, 9.17) is 5.11 Å². The van der Waals surface area contributed by atoms with Crippen LogP contribution >= 0.6 is 0 Å². The average Bonchev–Trinajstić information content (AvgIpc) is 3.06. The lowest BCUT2D eigenvalue weighted by atomic mass is 9.90. The van der Waals surface area contributed by atoms with E-state index in [1.54, 1.807) is 0 Å². The van der Waals surface area contributed by atoms with Gasteiger partial charge in [0.25, 0.3) is 5.91 Å². The molecule has 1 spiro atoms. The van der Waals surface area contributed by atoms with Crippen molar-refractivity contribution < 1.29 is 14.7 Å². The van der Waals surface area contributed by atoms with Crippen LogP contribution in [0.2, 0.25) is 0 Å². The maximum atomic E-state index is 12.6. The van der Waals surface area contributed by atoms with E-state index in [0.29, 0.717) is 18.7 Å². The van der Waals surface area contributed by atoms with Crippen molar-refractivity contribution in [3.8, 4) is 0 Å². The zero-order valence-corrected chi connectivity index (χ0v) is 12.2. The Hall–Kier alpha value is -2.30. The monoisotopic (exact) mass is 298 g/mol. The molecule has 0 aromatic carbocycles. The van der Waals surface area contributed by atoms with E-state index >= 15 is 0 Å². The van der Waals surface area contributed by atoms with Crippen LogP contribution in [0, 0.1) is 11.3 Å². The molecule has 0 bridgehead atoms. The van der Waals surface area contributed by atoms with Gasteiger partial charge in [0.15, 0.2) is 0 Å². The molecule has 5 heteroatoms. The van der Waals surface area contributed by atoms with Crippen molar-refractivity contribution in [2.75, 3.05) is 13.1 Å². The van der Waals surface area contributed by atoms with Crippen LogP contribution in [-0.2, 0) is 4.79 Å². The van der Waals surface area contributed by atoms with Gasteiger partial charge in [-0.1, -0.05) is 6.07 Å². The molecule has 1 amide bonds. The average molecular weight is 298 g/mol. The number of carbonyl (C=O) groups excluding carboxylic acids is 1. The summed E-state index contributed by atoms with van der Waals surface area (Å²) in [5.74, 6) is -0.827. The second kappa shape index (κ2) is 4.60. The highest BCUT2D eigenvalue weighted by atomic mass is 16.4. The lowest BCUT2D eigenvalue weighted by Crippen LogP contribution is -2.39. The fourth-order valence-corrected chi connectivity index (χ4v) is 3.76. The first-order valence-electron chi connectivity index (χ1n) is 7.68. The molecule has 5 nitrogen and oxygen atoms in total. The second-order valence-corrected chi connectivity index (χ2v) is 6.51. The van der Waals surface area contributed by atoms with Gasteiger partial charge in [-0.2, -0.15) is 0 Å². The summed E-state index contributed by atoms with van der Waals surface area (Å²) in [5, 5.41) is 9.12. The molecule has 114 valence electrons. The molecule has 0 radical (unpaired) electrons. The molecule has 1 aliphatic heterocycles. The zero-order valence-electron chi connectivity index (χ0n) is 12.2. The number of hydrogen-bond acceptors (Lipinski definition) is 2. The minimum atomic E-state index is -0.682. The number of hydrogen-bond donors (Lipinski definition) is 1. The van der Waals surface area contributed by atoms with Crippen LogP contribution in [0.25, 0.3) is 5.52 Å². The van der Waals surface area contributed by atoms with Gasteiger partial charge in [-0.25, -0.2) is 0 Å². The Kier molecular flexibility index (Phi) is 2.79. The highest BCUT2D eigenvalue weighted by molar-refractivity contribution is 5.95. The summed E-state index contributed by atoms with van der Waals surface area (Å²) in [6.45, 7) is 1.32. The summed E-state index contributed by atoms with van der Waals surface area (Å²) >= 11 is 0. The second-order valence-electron chi connectivity index (χ2n) is 6.51. The third kappa shape index (κ3) is 2.00. The van der Waals surface area contributed by atoms with Gasteiger partial charge in [0.05, 0.1) is 11.5 Å². The minimum Gasteiger partial charge on any atom is -0.481 e. The van der Waals surface area contributed by atoms with Gasteiger partial charge in [-0.3, -0.25) is 9.59 Å². The topological polar surface area (TPSA) is 62.0 Å². The number of carboxylic acids is 1. The molecule has 1 unspecified atom stereocenters. The van der Waals surface area contributed by atoms with Crippen molar-refractivity contribution in [3.63, 3.8) is 0 Å². The number of fused-ring (bicyclic) bond motifs is 1. The third-order valence-corrected chi connectivity index (χ3v) is 5.29. The lowest BCUT2D eigenvalue weighted by molar-refractivity contribution is -0.139. The quantitative estimate of drug-likeness (QED) is 0.925. The smallest absolute Gasteiger partial charge is 0.307 e. The number of aromatic nitrogens is 1. The van der Waals surface area contributed by atoms with Crippen molar-refractivity contribution in [1.82, 2.24) is 9.30 Å². The molecule has 3 heterocycles. The number of carbonyl (C=O) groups is 2. The van der Waals surface area contributed by atoms with Gasteiger partial charge >= 0.3 is 5.97 Å². The molecular formula is C17H18N2O3. The van der Waals surface area contributed by atoms with E-state index in [0.717, 1.165) is 24.8 Å². The van der Waals surface area contributed by atoms with E-state index in [-0.39, 0.29) is 17.2 Å². The first-order chi connectivity index (χ1) is 10.6. The van der Waals surface area contributed by atoms with Crippen LogP contribution in [0.15, 0.2) is 36.7 Å². The van der Waals surface area contributed by atoms with Crippen LogP contribution in [0.5, 0.6) is 0 Å². The van der Waals surface area contributed by atoms with Gasteiger partial charge in [-0.15, -0.1) is 0 Å². The van der Waals surface area contributed by atoms with Gasteiger partial charge in [0.2, 0.25) is 0 Å². The summed E-state index contributed by atoms with van der Waals surface area (Å²) < 4.78 is 1.94. The van der Waals surface area contributed by atoms with Gasteiger partial charge in [0, 0.05) is 31.0 Å². The number of pyridine rings is 1. The Morgan fingerprint density at radius 3 is 2.64 bits per heavy atom. The SMILES string of the molecule is O=C(O)C1CC12CCN(C(=O)c1cc3ccccn3c1)CC2. The number of likely N-dealkylation sites (tertiary alicyclic amines) is 1. The molecule has 22 heavy (non-hydrogen) atoms. The summed E-state index contributed by atoms with van der Waals surface area (Å²) in [6.07, 6.45) is 6.19. The lowest BCUT2D eigenvalue weighted by Gasteiger charge is -2.32. The van der Waals surface area contributed by atoms with Crippen LogP contribution in [0.4, 0.5) is 0 Å². The van der Waals surface area contributed by atoms with Crippen molar-refractivity contribution in [3.05, 3.63) is 42.2 Å². The van der Waals surface area contributed by atoms with Crippen LogP contribution in [0.3, 0.4) is 0 Å². The van der Waals surface area contributed by atoms with Crippen molar-refractivity contribution in [2.45, 2.75) is 19.3 Å². The van der Waals surface area contributed by atoms with Crippen molar-refractivity contribution in [2.24, 2.45) is 11.3 Å². The van der Waals surface area contributed by atoms with E-state index < -0.39 is 5.97 Å². The predicted octanol–water partition coefficient (Wildman–Crippen LogP) is 2.27. The number of rotatable bonds is 2. The van der Waals surface area contributed by atoms with Gasteiger partial charge in [-0.05, 0) is 42.9 Å². The summed E-state index contributed by atoms with van der Waals surface area (Å²) in [6, 6.07) is 7.77. The molecule has 2 aromatic heterocycles. The Morgan fingerprint density at radius 2 is 2.00 bits per heavy atom. The fourth-order valence-electron chi connectivity index (χ4n) is 3.76. The van der Waals surface area contributed by atoms with Crippen molar-refractivity contribution >= 4 is 17.4 Å². The van der Waals surface area contributed by atoms with Crippen LogP contribution in [0.1, 0.15) is 29.6 Å². The molecule has 2 aliphatic rings. The number of nitrogens with zero attached hydrogens (tertiary/aromatic N) is 2. The van der Waals surface area contributed by atoms with E-state index in [2.05, 4.69) is 0 Å². The highest BCUT2D eigenvalue weighted by Gasteiger charge is 2.59. The number of amides is 1. The largest absolute Gasteiger partial charge is 0.481 e. The van der Waals surface area contributed by atoms with E-state index in [1.165, 1.54) is 0 Å². The molecule has 4 rings (SSSR count). The predicted molar refractivity (Wildman–Crippen MR) is 80.7 cm³/mol. The molecule has 1 saturated carbocycles. The zero-order chi connectivity index (χ0) is 15.3. The summed E-state index contributed by atoms with van der Waals surface area (Å²) in [7, 11) is 0. The van der Waals surface area contributed by atoms with Crippen molar-refractivity contribution in [1.29, 1.82) is 0 Å². The first kappa shape index (κ1) is 13.4. The summed E-state index contributed by atoms with van der Waals surface area (Å²) in [5.41, 5.74) is 1.67. The molecule has 2 aromatic rings. The third-order valence-electron chi connectivity index (χ3n) is 5.29. The van der Waals surface area contributed by atoms with Crippen LogP contribution in [-0.4, -0.2) is 39.4 Å². The number of carboxylic acid groups (broad SMARTS) is 1. The number of aliphatic carboxylic acids is 1. The first-order valence-corrected chi connectivity index (χ1v) is 7.68. The maximum absolute atomic E-state index is 12.6.